The van der Waals surface area contributed by atoms with Crippen LogP contribution in [-0.2, 0) is 57.6 Å². The Morgan fingerprint density at radius 1 is 0.656 bits per heavy atom. The van der Waals surface area contributed by atoms with Gasteiger partial charge in [-0.2, -0.15) is 8.42 Å². The van der Waals surface area contributed by atoms with Gasteiger partial charge in [-0.1, -0.05) is 147 Å². The van der Waals surface area contributed by atoms with Crippen molar-refractivity contribution in [3.63, 3.8) is 0 Å². The van der Waals surface area contributed by atoms with Crippen LogP contribution in [0.3, 0.4) is 0 Å². The van der Waals surface area contributed by atoms with E-state index in [4.69, 9.17) is 38.8 Å². The zero-order chi connectivity index (χ0) is 67.4. The second kappa shape index (κ2) is 44.3. The van der Waals surface area contributed by atoms with E-state index in [0.717, 1.165) is 101 Å². The summed E-state index contributed by atoms with van der Waals surface area (Å²) in [5.41, 5.74) is 2.96. The largest absolute Gasteiger partial charge is 1.00 e. The monoisotopic (exact) mass is 1370 g/mol. The van der Waals surface area contributed by atoms with E-state index in [1.165, 1.54) is 95.2 Å². The summed E-state index contributed by atoms with van der Waals surface area (Å²) in [5, 5.41) is 20.2. The van der Waals surface area contributed by atoms with Crippen LogP contribution in [0.1, 0.15) is 214 Å². The van der Waals surface area contributed by atoms with Crippen molar-refractivity contribution in [2.45, 2.75) is 210 Å². The van der Waals surface area contributed by atoms with Crippen LogP contribution < -0.4 is 61.6 Å². The summed E-state index contributed by atoms with van der Waals surface area (Å²) >= 11 is 0. The number of nitrogens with one attached hydrogen (secondary N) is 2. The van der Waals surface area contributed by atoms with Crippen LogP contribution in [0.5, 0.6) is 0 Å². The number of alkyl carbamates (subject to hydrolysis) is 1. The summed E-state index contributed by atoms with van der Waals surface area (Å²) in [7, 11) is -15.8. The summed E-state index contributed by atoms with van der Waals surface area (Å²) in [6, 6.07) is 7.72. The average molecular weight is 1370 g/mol. The van der Waals surface area contributed by atoms with Crippen LogP contribution in [0, 0.1) is 0 Å². The zero-order valence-electron chi connectivity index (χ0n) is 54.1. The average Bonchev–Trinajstić information content (AvgIpc) is 0.725. The third-order valence-electron chi connectivity index (χ3n) is 15.0. The molecule has 1 unspecified atom stereocenters. The summed E-state index contributed by atoms with van der Waals surface area (Å²) in [6.45, 7) is 1.48. The molecule has 8 N–H and O–H groups in total. The summed E-state index contributed by atoms with van der Waals surface area (Å²) < 4.78 is 117. The number of benzene rings is 3. The van der Waals surface area contributed by atoms with Gasteiger partial charge in [-0.15, -0.1) is 0 Å². The van der Waals surface area contributed by atoms with Crippen LogP contribution >= 0.6 is 7.82 Å². The molecule has 2 aromatic carbocycles. The molecular weight excluding hydrogens is 1270 g/mol. The van der Waals surface area contributed by atoms with Crippen LogP contribution in [0.4, 0.5) is 10.5 Å². The molecule has 1 heterocycles. The Hall–Kier alpha value is -5.51. The van der Waals surface area contributed by atoms with Crippen molar-refractivity contribution in [2.24, 2.45) is 0 Å². The van der Waals surface area contributed by atoms with Crippen LogP contribution in [-0.4, -0.2) is 107 Å². The van der Waals surface area contributed by atoms with Gasteiger partial charge in [-0.25, -0.2) is 18.0 Å². The van der Waals surface area contributed by atoms with Crippen molar-refractivity contribution in [3.8, 4) is 22.5 Å². The minimum atomic E-state index is -5.46. The minimum absolute atomic E-state index is 0. The molecular formula is C65H94N4NaO20PS2. The normalized spacial score (nSPS) is 12.8. The van der Waals surface area contributed by atoms with E-state index in [2.05, 4.69) is 48.8 Å². The molecule has 1 aliphatic heterocycles. The van der Waals surface area contributed by atoms with Gasteiger partial charge in [0.15, 0.2) is 17.4 Å². The number of hydrogen-bond donors (Lipinski definition) is 6. The van der Waals surface area contributed by atoms with Gasteiger partial charge in [0.25, 0.3) is 13.7 Å². The number of nitrogens with two attached hydrogens (primary N) is 2. The van der Waals surface area contributed by atoms with Crippen molar-refractivity contribution in [2.75, 3.05) is 45.3 Å². The Morgan fingerprint density at radius 3 is 1.71 bits per heavy atom. The molecule has 2 amide bonds. The second-order valence-electron chi connectivity index (χ2n) is 22.6. The third-order valence-corrected chi connectivity index (χ3v) is 17.8. The molecule has 4 rings (SSSR count). The summed E-state index contributed by atoms with van der Waals surface area (Å²) in [4.78, 5) is 74.9. The zero-order valence-corrected chi connectivity index (χ0v) is 58.7. The maximum absolute atomic E-state index is 13.3. The first-order valence-corrected chi connectivity index (χ1v) is 36.4. The van der Waals surface area contributed by atoms with E-state index >= 15 is 0 Å². The number of anilines is 1. The van der Waals surface area contributed by atoms with E-state index in [1.807, 2.05) is 0 Å². The van der Waals surface area contributed by atoms with Gasteiger partial charge in [0.2, 0.25) is 10.3 Å². The first-order chi connectivity index (χ1) is 44.0. The Morgan fingerprint density at radius 2 is 1.17 bits per heavy atom. The number of carbonyl (C=O) groups is 5. The molecule has 93 heavy (non-hydrogen) atoms. The SMILES string of the molecule is CCCCCCCC/C=C\CCCCCCCC(=O)OC[C@H](COP(=O)([O-])OCCNC(=O)OCCNC(=O)c1ccc(-c2c3ccc(=[NH2+])c(S(=O)(=O)O)c-3oc3c(S(=O)(=O)[O-])c(N)ccc23)c(C(=O)O)c1)OC(=O)CCCCCCC/C=C\CCCCCCCC.[Na+]. The molecule has 24 nitrogen and oxygen atoms in total. The summed E-state index contributed by atoms with van der Waals surface area (Å²) in [5.74, 6) is -4.38. The molecule has 0 radical (unpaired) electrons. The number of fused-ring (bicyclic) bond motifs is 2. The van der Waals surface area contributed by atoms with Crippen LogP contribution in [0.15, 0.2) is 81.0 Å². The number of carboxylic acid groups (broad SMARTS) is 1. The van der Waals surface area contributed by atoms with Crippen LogP contribution in [0.2, 0.25) is 0 Å². The second-order valence-corrected chi connectivity index (χ2v) is 26.6. The maximum Gasteiger partial charge on any atom is 1.00 e. The van der Waals surface area contributed by atoms with Gasteiger partial charge in [0, 0.05) is 47.5 Å². The Bertz CT molecular complexity index is 3380. The summed E-state index contributed by atoms with van der Waals surface area (Å²) in [6.07, 6.45) is 35.3. The molecule has 0 fully saturated rings. The smallest absolute Gasteiger partial charge is 0.756 e. The van der Waals surface area contributed by atoms with Gasteiger partial charge in [0.1, 0.15) is 28.2 Å². The van der Waals surface area contributed by atoms with Crippen molar-refractivity contribution in [3.05, 3.63) is 83.3 Å². The number of phosphoric acid groups is 1. The predicted octanol–water partition coefficient (Wildman–Crippen LogP) is 7.79. The van der Waals surface area contributed by atoms with E-state index in [-0.39, 0.29) is 76.6 Å². The molecule has 0 saturated carbocycles. The number of ether oxygens (including phenoxy) is 3. The molecule has 0 aromatic heterocycles. The van der Waals surface area contributed by atoms with Crippen molar-refractivity contribution >= 4 is 74.6 Å². The van der Waals surface area contributed by atoms with Gasteiger partial charge < -0.3 is 58.6 Å². The van der Waals surface area contributed by atoms with Crippen LogP contribution in [0.25, 0.3) is 33.4 Å². The Labute approximate surface area is 569 Å². The first-order valence-electron chi connectivity index (χ1n) is 32.1. The Balaban J connectivity index is 0.0000226. The van der Waals surface area contributed by atoms with Crippen molar-refractivity contribution < 1.29 is 127 Å². The fourth-order valence-corrected chi connectivity index (χ4v) is 12.4. The van der Waals surface area contributed by atoms with E-state index in [0.29, 0.717) is 12.8 Å². The number of carbonyl (C=O) groups excluding carboxylic acids is 4. The number of nitrogen functional groups attached to an aromatic ring is 1. The minimum Gasteiger partial charge on any atom is -0.756 e. The molecule has 1 aliphatic carbocycles. The number of rotatable bonds is 48. The standard InChI is InChI=1S/C65H95N4O20PS2.Na/c1-3-5-7-9-11-13-15-17-19-21-23-25-27-29-31-33-56(70)85-46-49(88-57(71)34-32-30-28-26-24-22-20-18-16-14-12-10-8-6-4-2)47-87-90(76,77)86-44-42-69-65(75)84-43-41-68-63(72)48-35-36-50(53(45-48)64(73)74)58-51-37-39-54(66)61(91(78,79)80)59(51)89-60-52(58)38-40-55(67)62(60)92(81,82)83;/h17-20,35-40,45,49,66H,3-16,21-34,41-44,46-47,67H2,1-2H3,(H,68,72)(H,69,75)(H,73,74)(H,76,77)(H,78,79,80)(H,81,82,83);/q;+1/p-1/b19-17-,20-18-,66-54?;/t49-;/m1./s1. The first kappa shape index (κ1) is 81.7. The van der Waals surface area contributed by atoms with E-state index in [1.54, 1.807) is 0 Å². The van der Waals surface area contributed by atoms with Gasteiger partial charge >= 0.3 is 63.7 Å². The van der Waals surface area contributed by atoms with Crippen molar-refractivity contribution in [1.29, 1.82) is 0 Å². The molecule has 0 saturated heterocycles. The molecule has 28 heteroatoms. The van der Waals surface area contributed by atoms with E-state index in [9.17, 15) is 64.5 Å². The fraction of sp³-hybridized carbons (Fsp3) is 0.569. The van der Waals surface area contributed by atoms with Crippen molar-refractivity contribution in [1.82, 2.24) is 10.6 Å². The number of aromatic carboxylic acids is 1. The Kier molecular flexibility index (Phi) is 38.9. The molecule has 0 spiro atoms. The number of esters is 2. The number of allylic oxidation sites excluding steroid dienone is 4. The number of phosphoric ester groups is 1. The van der Waals surface area contributed by atoms with Gasteiger partial charge in [-0.3, -0.25) is 28.9 Å². The fourth-order valence-electron chi connectivity index (χ4n) is 10.2. The number of unbranched alkanes of at least 4 members (excludes halogenated alkanes) is 22. The quantitative estimate of drug-likeness (QED) is 0.00283. The third kappa shape index (κ3) is 30.8. The maximum atomic E-state index is 13.3. The molecule has 512 valence electrons. The molecule has 2 aromatic rings. The molecule has 0 bridgehead atoms. The topological polar surface area (TPSA) is 392 Å². The predicted molar refractivity (Wildman–Crippen MR) is 343 cm³/mol. The van der Waals surface area contributed by atoms with Gasteiger partial charge in [-0.05, 0) is 100 Å². The molecule has 2 atom stereocenters. The number of hydrogen-bond acceptors (Lipinski definition) is 19. The molecule has 2 aliphatic rings. The number of carboxylic acids is 1. The van der Waals surface area contributed by atoms with Gasteiger partial charge in [0.05, 0.1) is 31.0 Å². The van der Waals surface area contributed by atoms with E-state index < -0.39 is 135 Å². The number of amides is 2.